The van der Waals surface area contributed by atoms with Gasteiger partial charge in [-0.05, 0) is 87.6 Å². The van der Waals surface area contributed by atoms with Crippen LogP contribution in [0.3, 0.4) is 0 Å². The number of benzene rings is 3. The monoisotopic (exact) mass is 799 g/mol. The first-order chi connectivity index (χ1) is 24.8. The quantitative estimate of drug-likeness (QED) is 0.167. The molecule has 0 unspecified atom stereocenters. The van der Waals surface area contributed by atoms with Crippen LogP contribution in [0, 0.1) is 36.7 Å². The average Bonchev–Trinajstić information content (AvgIpc) is 3.67. The van der Waals surface area contributed by atoms with Crippen LogP contribution in [0.5, 0.6) is 0 Å². The third-order valence-corrected chi connectivity index (χ3v) is 7.96. The maximum atomic E-state index is 8.77. The number of rotatable bonds is 4. The van der Waals surface area contributed by atoms with Crippen molar-refractivity contribution < 1.29 is 38.2 Å². The zero-order valence-electron chi connectivity index (χ0n) is 36.0. The fraction of sp³-hybridized carbons (Fsp3) is 0.300. The van der Waals surface area contributed by atoms with Gasteiger partial charge in [0.2, 0.25) is 0 Å². The number of pyridine rings is 2. The SMILES string of the molecule is [2H]C([2H])([2H])c1cnc(-c2[c-]cc3oc4cccc5sc2c3c45)cc1C([2H])([2H])[2H].[2H]C([2H])(c1cnc(-c2[c-]cccc2)cc1C([2H])([2H])C(C)(C)C)C(C)(C)C.[Ir]. The normalized spacial score (nSPS) is 16.5. The molecule has 0 aliphatic heterocycles. The zero-order chi connectivity index (χ0) is 39.8. The van der Waals surface area contributed by atoms with E-state index in [0.717, 1.165) is 37.5 Å². The molecule has 0 spiro atoms. The van der Waals surface area contributed by atoms with Crippen molar-refractivity contribution in [3.8, 4) is 22.5 Å². The van der Waals surface area contributed by atoms with Crippen LogP contribution in [0.2, 0.25) is 0 Å². The summed E-state index contributed by atoms with van der Waals surface area (Å²) in [5.74, 6) is 0. The predicted octanol–water partition coefficient (Wildman–Crippen LogP) is 11.4. The van der Waals surface area contributed by atoms with Crippen molar-refractivity contribution in [1.29, 1.82) is 0 Å². The number of thiophene rings is 1. The van der Waals surface area contributed by atoms with E-state index in [2.05, 4.69) is 22.1 Å². The minimum atomic E-state index is -2.56. The van der Waals surface area contributed by atoms with Gasteiger partial charge in [-0.3, -0.25) is 0 Å². The fourth-order valence-electron chi connectivity index (χ4n) is 5.04. The molecule has 0 atom stereocenters. The molecule has 1 radical (unpaired) electrons. The van der Waals surface area contributed by atoms with Crippen LogP contribution in [-0.4, -0.2) is 9.97 Å². The Morgan fingerprint density at radius 1 is 0.800 bits per heavy atom. The summed E-state index contributed by atoms with van der Waals surface area (Å²) < 4.78 is 88.9. The van der Waals surface area contributed by atoms with E-state index in [0.29, 0.717) is 33.7 Å². The predicted molar refractivity (Wildman–Crippen MR) is 187 cm³/mol. The molecule has 0 amide bonds. The summed E-state index contributed by atoms with van der Waals surface area (Å²) in [6.07, 6.45) is -0.812. The summed E-state index contributed by atoms with van der Waals surface area (Å²) in [5.41, 5.74) is 2.68. The zero-order valence-corrected chi connectivity index (χ0v) is 29.2. The first-order valence-corrected chi connectivity index (χ1v) is 15.2. The molecule has 45 heavy (non-hydrogen) atoms. The number of aromatic nitrogens is 2. The third-order valence-electron chi connectivity index (χ3n) is 6.79. The molecular weight excluding hydrogens is 749 g/mol. The number of aryl methyl sites for hydroxylation is 2. The summed E-state index contributed by atoms with van der Waals surface area (Å²) in [6.45, 7) is 5.84. The number of hydrogen-bond donors (Lipinski definition) is 0. The van der Waals surface area contributed by atoms with Crippen LogP contribution in [0.15, 0.2) is 77.5 Å². The second-order valence-electron chi connectivity index (χ2n) is 12.8. The molecule has 0 aliphatic carbocycles. The van der Waals surface area contributed by atoms with E-state index in [1.165, 1.54) is 12.3 Å². The van der Waals surface area contributed by atoms with Crippen LogP contribution in [-0.2, 0) is 32.9 Å². The Hall–Kier alpha value is -3.37. The summed E-state index contributed by atoms with van der Waals surface area (Å²) in [5, 5.41) is 1.99. The maximum Gasteiger partial charge on any atom is 0.122 e. The van der Waals surface area contributed by atoms with Crippen LogP contribution in [0.25, 0.3) is 53.9 Å². The Bertz CT molecular complexity index is 2460. The minimum absolute atomic E-state index is 0. The standard InChI is InChI=1S/C21H28N.C19H12NOS.Ir/c1-20(2,3)13-17-12-19(16-10-8-7-9-11-16)22-15-18(17)14-21(4,5)6;1-10-8-13(20-9-11(10)2)12-6-7-15-18-17-14(21-15)4-3-5-16(17)22-19(12)18;/h7-10,12,15H,13-14H2,1-6H3;3-5,7-9H,1-2H3;/q2*-1;/i13D2,14D2;1D3,2D3;. The molecule has 0 N–H and O–H groups in total. The van der Waals surface area contributed by atoms with E-state index >= 15 is 0 Å². The topological polar surface area (TPSA) is 38.9 Å². The van der Waals surface area contributed by atoms with Crippen molar-refractivity contribution in [3.63, 3.8) is 0 Å². The largest absolute Gasteiger partial charge is 0.500 e. The molecule has 3 aromatic carbocycles. The van der Waals surface area contributed by atoms with Crippen molar-refractivity contribution in [2.75, 3.05) is 0 Å². The second-order valence-corrected chi connectivity index (χ2v) is 13.9. The van der Waals surface area contributed by atoms with E-state index in [1.54, 1.807) is 29.5 Å². The molecule has 233 valence electrons. The maximum absolute atomic E-state index is 8.77. The van der Waals surface area contributed by atoms with Crippen LogP contribution in [0.4, 0.5) is 0 Å². The van der Waals surface area contributed by atoms with Gasteiger partial charge in [-0.15, -0.1) is 53.6 Å². The Morgan fingerprint density at radius 2 is 1.56 bits per heavy atom. The van der Waals surface area contributed by atoms with Gasteiger partial charge in [0.1, 0.15) is 5.58 Å². The van der Waals surface area contributed by atoms with Crippen molar-refractivity contribution in [2.24, 2.45) is 10.8 Å². The van der Waals surface area contributed by atoms with Crippen LogP contribution in [0.1, 0.15) is 77.5 Å². The smallest absolute Gasteiger partial charge is 0.122 e. The van der Waals surface area contributed by atoms with Crippen LogP contribution >= 0.6 is 11.3 Å². The first-order valence-electron chi connectivity index (χ1n) is 19.4. The molecule has 4 heterocycles. The van der Waals surface area contributed by atoms with Gasteiger partial charge in [0.05, 0.1) is 5.58 Å². The molecule has 0 fully saturated rings. The molecule has 0 saturated heterocycles. The number of furan rings is 1. The van der Waals surface area contributed by atoms with Crippen molar-refractivity contribution in [2.45, 2.75) is 68.0 Å². The Balaban J connectivity index is 0.000000208. The molecule has 3 nitrogen and oxygen atoms in total. The first kappa shape index (κ1) is 22.2. The summed E-state index contributed by atoms with van der Waals surface area (Å²) in [7, 11) is 0. The summed E-state index contributed by atoms with van der Waals surface area (Å²) in [6, 6.07) is 24.3. The molecule has 5 heteroatoms. The van der Waals surface area contributed by atoms with Crippen LogP contribution < -0.4 is 0 Å². The van der Waals surface area contributed by atoms with E-state index in [-0.39, 0.29) is 31.2 Å². The molecule has 0 saturated carbocycles. The van der Waals surface area contributed by atoms with E-state index in [9.17, 15) is 0 Å². The van der Waals surface area contributed by atoms with E-state index in [1.807, 2.05) is 77.9 Å². The minimum Gasteiger partial charge on any atom is -0.500 e. The summed E-state index contributed by atoms with van der Waals surface area (Å²) in [4.78, 5) is 8.73. The average molecular weight is 799 g/mol. The van der Waals surface area contributed by atoms with Gasteiger partial charge >= 0.3 is 0 Å². The van der Waals surface area contributed by atoms with Gasteiger partial charge in [0.15, 0.2) is 0 Å². The van der Waals surface area contributed by atoms with Crippen molar-refractivity contribution >= 4 is 42.7 Å². The molecule has 4 aromatic heterocycles. The van der Waals surface area contributed by atoms with Crippen molar-refractivity contribution in [1.82, 2.24) is 9.97 Å². The second kappa shape index (κ2) is 12.8. The van der Waals surface area contributed by atoms with Gasteiger partial charge in [-0.2, -0.15) is 11.3 Å². The molecule has 7 rings (SSSR count). The van der Waals surface area contributed by atoms with Gasteiger partial charge in [0, 0.05) is 56.3 Å². The molecule has 0 aliphatic rings. The van der Waals surface area contributed by atoms with Crippen molar-refractivity contribution in [3.05, 3.63) is 107 Å². The Labute approximate surface area is 298 Å². The summed E-state index contributed by atoms with van der Waals surface area (Å²) >= 11 is 1.56. The third kappa shape index (κ3) is 7.22. The van der Waals surface area contributed by atoms with Gasteiger partial charge in [-0.1, -0.05) is 65.3 Å². The van der Waals surface area contributed by atoms with E-state index < -0.39 is 37.3 Å². The Kier molecular flexibility index (Phi) is 6.31. The number of nitrogens with zero attached hydrogens (tertiary/aromatic N) is 2. The van der Waals surface area contributed by atoms with Gasteiger partial charge < -0.3 is 14.4 Å². The van der Waals surface area contributed by atoms with Gasteiger partial charge in [-0.25, -0.2) is 0 Å². The fourth-order valence-corrected chi connectivity index (χ4v) is 6.28. The molecule has 0 bridgehead atoms. The molecular formula is C40H40IrN2OS-2. The van der Waals surface area contributed by atoms with E-state index in [4.69, 9.17) is 18.1 Å². The Morgan fingerprint density at radius 3 is 2.27 bits per heavy atom. The number of hydrogen-bond acceptors (Lipinski definition) is 4. The molecule has 7 aromatic rings. The van der Waals surface area contributed by atoms with Gasteiger partial charge in [0.25, 0.3) is 0 Å².